The summed E-state index contributed by atoms with van der Waals surface area (Å²) in [6, 6.07) is 6.75. The number of carbonyl (C=O) groups is 1. The maximum atomic E-state index is 11.1. The molecule has 0 fully saturated rings. The number of para-hydroxylation sites is 1. The summed E-state index contributed by atoms with van der Waals surface area (Å²) in [4.78, 5) is 11.1. The van der Waals surface area contributed by atoms with Gasteiger partial charge in [-0.25, -0.2) is 0 Å². The van der Waals surface area contributed by atoms with E-state index in [1.165, 1.54) is 0 Å². The molecule has 0 radical (unpaired) electrons. The molecule has 1 amide bonds. The average Bonchev–Trinajstić information content (AvgIpc) is 2.04. The van der Waals surface area contributed by atoms with E-state index in [0.717, 1.165) is 0 Å². The van der Waals surface area contributed by atoms with Gasteiger partial charge in [-0.15, -0.1) is 0 Å². The van der Waals surface area contributed by atoms with E-state index in [0.29, 0.717) is 11.3 Å². The largest absolute Gasteiger partial charge is 0.662 e. The zero-order chi connectivity index (χ0) is 8.55. The lowest BCUT2D eigenvalue weighted by atomic mass is 10.0. The van der Waals surface area contributed by atoms with Gasteiger partial charge in [-0.2, -0.15) is 0 Å². The summed E-state index contributed by atoms with van der Waals surface area (Å²) in [6.45, 7) is 0. The molecule has 1 aromatic carbocycles. The van der Waals surface area contributed by atoms with Crippen LogP contribution in [0.15, 0.2) is 24.3 Å². The lowest BCUT2D eigenvalue weighted by Crippen LogP contribution is -2.47. The lowest BCUT2D eigenvalue weighted by Gasteiger charge is -2.18. The Bertz CT molecular complexity index is 328. The Morgan fingerprint density at radius 1 is 1.42 bits per heavy atom. The van der Waals surface area contributed by atoms with Crippen LogP contribution in [0.3, 0.4) is 0 Å². The first-order valence-corrected chi connectivity index (χ1v) is 3.52. The fourth-order valence-electron chi connectivity index (χ4n) is 1.10. The molecule has 1 heterocycles. The van der Waals surface area contributed by atoms with Crippen LogP contribution < -0.4 is 9.88 Å². The average molecular weight is 163 g/mol. The van der Waals surface area contributed by atoms with Gasteiger partial charge in [-0.05, 0) is 12.1 Å². The highest BCUT2D eigenvalue weighted by Gasteiger charge is 2.28. The topological polar surface area (TPSA) is 58.6 Å². The van der Waals surface area contributed by atoms with Crippen LogP contribution in [0.25, 0.3) is 0 Å². The van der Waals surface area contributed by atoms with Crippen LogP contribution in [0, 0.1) is 0 Å². The summed E-state index contributed by atoms with van der Waals surface area (Å²) < 4.78 is 4.93. The van der Waals surface area contributed by atoms with E-state index in [-0.39, 0.29) is 5.91 Å². The molecule has 60 valence electrons. The summed E-state index contributed by atoms with van der Waals surface area (Å²) in [5, 5.41) is 11.2. The van der Waals surface area contributed by atoms with Crippen LogP contribution in [0.1, 0.15) is 10.4 Å². The summed E-state index contributed by atoms with van der Waals surface area (Å²) in [5.74, 6) is 0.0955. The van der Waals surface area contributed by atoms with Crippen LogP contribution in [-0.2, 0) is 0 Å². The molecule has 0 atom stereocenters. The molecule has 0 saturated heterocycles. The Balaban J connectivity index is 2.47. The van der Waals surface area contributed by atoms with Crippen molar-refractivity contribution in [2.45, 2.75) is 0 Å². The van der Waals surface area contributed by atoms with Crippen LogP contribution in [0.4, 0.5) is 0 Å². The quantitative estimate of drug-likeness (QED) is 0.520. The normalized spacial score (nSPS) is 14.8. The zero-order valence-electron chi connectivity index (χ0n) is 6.15. The number of hydrogen-bond acceptors (Lipinski definition) is 3. The van der Waals surface area contributed by atoms with E-state index >= 15 is 0 Å². The maximum absolute atomic E-state index is 11.1. The number of fused-ring (bicyclic) bond motifs is 1. The van der Waals surface area contributed by atoms with Gasteiger partial charge < -0.3 is 14.9 Å². The number of rotatable bonds is 0. The van der Waals surface area contributed by atoms with Crippen molar-refractivity contribution < 1.29 is 14.5 Å². The molecule has 0 aromatic heterocycles. The molecule has 0 unspecified atom stereocenters. The molecule has 0 spiro atoms. The molecule has 2 N–H and O–H groups in total. The van der Waals surface area contributed by atoms with Gasteiger partial charge in [0, 0.05) is 0 Å². The number of nitrogens with one attached hydrogen (secondary N) is 1. The molecule has 4 nitrogen and oxygen atoms in total. The van der Waals surface area contributed by atoms with Crippen molar-refractivity contribution in [1.29, 1.82) is 0 Å². The zero-order valence-corrected chi connectivity index (χ0v) is 6.15. The Labute approximate surface area is 69.3 Å². The van der Waals surface area contributed by atoms with E-state index in [1.54, 1.807) is 24.3 Å². The second kappa shape index (κ2) is 2.53. The highest BCUT2D eigenvalue weighted by molar-refractivity contribution is 6.47. The van der Waals surface area contributed by atoms with Gasteiger partial charge in [0.25, 0.3) is 0 Å². The predicted molar refractivity (Wildman–Crippen MR) is 42.5 cm³/mol. The SMILES string of the molecule is O=C1NB(O)Oc2ccccc21. The maximum Gasteiger partial charge on any atom is 0.662 e. The minimum atomic E-state index is -1.23. The highest BCUT2D eigenvalue weighted by atomic mass is 16.5. The summed E-state index contributed by atoms with van der Waals surface area (Å²) in [6.07, 6.45) is 0. The van der Waals surface area contributed by atoms with Crippen molar-refractivity contribution in [3.8, 4) is 5.75 Å². The minimum absolute atomic E-state index is 0.315. The van der Waals surface area contributed by atoms with Crippen molar-refractivity contribution >= 4 is 13.2 Å². The molecule has 0 saturated carbocycles. The van der Waals surface area contributed by atoms with Crippen LogP contribution >= 0.6 is 0 Å². The van der Waals surface area contributed by atoms with Gasteiger partial charge in [0.1, 0.15) is 5.75 Å². The van der Waals surface area contributed by atoms with Crippen molar-refractivity contribution in [3.63, 3.8) is 0 Å². The van der Waals surface area contributed by atoms with Crippen molar-refractivity contribution in [2.75, 3.05) is 0 Å². The molecule has 0 bridgehead atoms. The smallest absolute Gasteiger partial charge is 0.517 e. The molecule has 12 heavy (non-hydrogen) atoms. The molecular weight excluding hydrogens is 157 g/mol. The van der Waals surface area contributed by atoms with E-state index < -0.39 is 7.25 Å². The molecule has 5 heteroatoms. The number of hydrogen-bond donors (Lipinski definition) is 2. The first-order valence-electron chi connectivity index (χ1n) is 3.52. The molecule has 0 aliphatic carbocycles. The van der Waals surface area contributed by atoms with Crippen molar-refractivity contribution in [1.82, 2.24) is 5.23 Å². The second-order valence-electron chi connectivity index (χ2n) is 2.44. The van der Waals surface area contributed by atoms with Gasteiger partial charge in [-0.3, -0.25) is 4.79 Å². The Kier molecular flexibility index (Phi) is 1.51. The van der Waals surface area contributed by atoms with Crippen LogP contribution in [0.2, 0.25) is 0 Å². The van der Waals surface area contributed by atoms with Gasteiger partial charge in [0.2, 0.25) is 5.91 Å². The van der Waals surface area contributed by atoms with Gasteiger partial charge in [0.05, 0.1) is 5.56 Å². The highest BCUT2D eigenvalue weighted by Crippen LogP contribution is 2.20. The van der Waals surface area contributed by atoms with Gasteiger partial charge in [0.15, 0.2) is 0 Å². The monoisotopic (exact) mass is 163 g/mol. The Morgan fingerprint density at radius 3 is 3.00 bits per heavy atom. The van der Waals surface area contributed by atoms with Crippen molar-refractivity contribution in [2.24, 2.45) is 0 Å². The van der Waals surface area contributed by atoms with Gasteiger partial charge in [-0.1, -0.05) is 12.1 Å². The second-order valence-corrected chi connectivity index (χ2v) is 2.44. The lowest BCUT2D eigenvalue weighted by molar-refractivity contribution is 0.0956. The first kappa shape index (κ1) is 7.18. The molecule has 1 aromatic rings. The standard InChI is InChI=1S/C7H6BNO3/c10-7-5-3-1-2-4-6(5)12-8(11)9-7/h1-4,11H,(H,9,10). The molecular formula is C7H6BNO3. The first-order chi connectivity index (χ1) is 5.77. The van der Waals surface area contributed by atoms with E-state index in [2.05, 4.69) is 5.23 Å². The van der Waals surface area contributed by atoms with Crippen molar-refractivity contribution in [3.05, 3.63) is 29.8 Å². The third-order valence-electron chi connectivity index (χ3n) is 1.62. The number of benzene rings is 1. The third kappa shape index (κ3) is 1.04. The van der Waals surface area contributed by atoms with Gasteiger partial charge >= 0.3 is 7.25 Å². The molecule has 1 aliphatic heterocycles. The number of carbonyl (C=O) groups excluding carboxylic acids is 1. The third-order valence-corrected chi connectivity index (χ3v) is 1.62. The molecule has 1 aliphatic rings. The predicted octanol–water partition coefficient (Wildman–Crippen LogP) is -0.214. The van der Waals surface area contributed by atoms with E-state index in [1.807, 2.05) is 0 Å². The fourth-order valence-corrected chi connectivity index (χ4v) is 1.10. The minimum Gasteiger partial charge on any atom is -0.517 e. The van der Waals surface area contributed by atoms with Crippen LogP contribution in [-0.4, -0.2) is 18.2 Å². The Hall–Kier alpha value is -1.49. The fraction of sp³-hybridized carbons (Fsp3) is 0. The molecule has 2 rings (SSSR count). The summed E-state index contributed by atoms with van der Waals surface area (Å²) in [7, 11) is -1.23. The summed E-state index contributed by atoms with van der Waals surface area (Å²) >= 11 is 0. The van der Waals surface area contributed by atoms with E-state index in [9.17, 15) is 4.79 Å². The van der Waals surface area contributed by atoms with E-state index in [4.69, 9.17) is 9.68 Å². The van der Waals surface area contributed by atoms with Crippen LogP contribution in [0.5, 0.6) is 5.75 Å². The Morgan fingerprint density at radius 2 is 2.17 bits per heavy atom. The summed E-state index contributed by atoms with van der Waals surface area (Å²) in [5.41, 5.74) is 0.447. The number of amides is 1.